The summed E-state index contributed by atoms with van der Waals surface area (Å²) in [6, 6.07) is 7.02. The first-order chi connectivity index (χ1) is 20.4. The number of nitrogens with two attached hydrogens (primary N) is 1. The summed E-state index contributed by atoms with van der Waals surface area (Å²) in [6.45, 7) is 17.2. The Hall–Kier alpha value is -2.17. The van der Waals surface area contributed by atoms with Crippen molar-refractivity contribution in [1.82, 2.24) is 25.0 Å². The van der Waals surface area contributed by atoms with Gasteiger partial charge in [0.05, 0.1) is 31.7 Å². The van der Waals surface area contributed by atoms with Gasteiger partial charge in [-0.1, -0.05) is 115 Å². The minimum absolute atomic E-state index is 0.167. The van der Waals surface area contributed by atoms with Crippen molar-refractivity contribution in [2.24, 2.45) is 0 Å². The van der Waals surface area contributed by atoms with Crippen molar-refractivity contribution in [3.63, 3.8) is 0 Å². The molecule has 2 aromatic heterocycles. The molecule has 2 heterocycles. The van der Waals surface area contributed by atoms with Crippen LogP contribution < -0.4 is 5.73 Å². The summed E-state index contributed by atoms with van der Waals surface area (Å²) in [7, 11) is 0. The maximum absolute atomic E-state index is 9.94. The predicted octanol–water partition coefficient (Wildman–Crippen LogP) is 8.75. The number of nitrogens with zero attached hydrogens (tertiary/aromatic N) is 6. The topological polar surface area (TPSA) is 103 Å². The lowest BCUT2D eigenvalue weighted by Gasteiger charge is -2.39. The molecule has 10 heteroatoms. The second kappa shape index (κ2) is 20.7. The monoisotopic (exact) mass is 618 g/mol. The number of aromatic hydroxyl groups is 1. The number of para-hydroxylation sites is 1. The number of nitrogen functional groups attached to an aromatic ring is 1. The molecule has 3 N–H and O–H groups in total. The Morgan fingerprint density at radius 3 is 1.90 bits per heavy atom. The second-order valence-corrected chi connectivity index (χ2v) is 13.1. The van der Waals surface area contributed by atoms with E-state index >= 15 is 0 Å². The van der Waals surface area contributed by atoms with Crippen molar-refractivity contribution >= 4 is 29.0 Å². The lowest BCUT2D eigenvalue weighted by atomic mass is 10.1. The van der Waals surface area contributed by atoms with Gasteiger partial charge in [0.25, 0.3) is 0 Å². The Balaban J connectivity index is 0.000000319. The number of phenolic OH excluding ortho intramolecular Hbond substituents is 1. The maximum atomic E-state index is 9.94. The molecule has 236 valence electrons. The highest BCUT2D eigenvalue weighted by molar-refractivity contribution is 7.99. The van der Waals surface area contributed by atoms with E-state index < -0.39 is 0 Å². The summed E-state index contributed by atoms with van der Waals surface area (Å²) in [5, 5.41) is 24.4. The predicted molar refractivity (Wildman–Crippen MR) is 181 cm³/mol. The van der Waals surface area contributed by atoms with Gasteiger partial charge in [-0.15, -0.1) is 15.3 Å². The highest BCUT2D eigenvalue weighted by Gasteiger charge is 2.24. The molecule has 0 bridgehead atoms. The zero-order valence-electron chi connectivity index (χ0n) is 26.9. The number of rotatable bonds is 20. The van der Waals surface area contributed by atoms with E-state index in [9.17, 15) is 5.11 Å². The zero-order valence-corrected chi connectivity index (χ0v) is 28.5. The fourth-order valence-corrected chi connectivity index (χ4v) is 6.58. The molecule has 0 saturated heterocycles. The summed E-state index contributed by atoms with van der Waals surface area (Å²) in [5.41, 5.74) is 6.60. The number of thioether (sulfide) groups is 1. The molecule has 3 rings (SSSR count). The number of phenols is 1. The van der Waals surface area contributed by atoms with Gasteiger partial charge in [0.1, 0.15) is 5.75 Å². The molecule has 0 atom stereocenters. The maximum Gasteiger partial charge on any atom is 0.236 e. The Morgan fingerprint density at radius 2 is 1.36 bits per heavy atom. The standard InChI is InChI=1S/C16H20N6OS2.C16H36N/c1-2-3-4-7-10-24-15-18-14(17)22(21-15)16-20-19-13(25-16)11-8-5-6-9-12(11)23;1-5-9-13-17(14-10-6-2,15-11-7-3)16-12-8-4/h5-6,8-9,23H,2-4,7,10H2,1H3,(H2,17,18,21);5-16H2,1-4H3/q;+1. The number of hydrogen-bond acceptors (Lipinski definition) is 8. The molecule has 1 aromatic carbocycles. The number of hydrogen-bond donors (Lipinski definition) is 2. The third-order valence-electron chi connectivity index (χ3n) is 7.52. The van der Waals surface area contributed by atoms with E-state index in [1.807, 2.05) is 6.07 Å². The van der Waals surface area contributed by atoms with Gasteiger partial charge in [-0.2, -0.15) is 9.67 Å². The van der Waals surface area contributed by atoms with Crippen LogP contribution >= 0.6 is 23.1 Å². The first-order valence-corrected chi connectivity index (χ1v) is 18.1. The van der Waals surface area contributed by atoms with Gasteiger partial charge < -0.3 is 15.3 Å². The molecule has 0 radical (unpaired) electrons. The van der Waals surface area contributed by atoms with Crippen LogP contribution in [0.15, 0.2) is 29.4 Å². The van der Waals surface area contributed by atoms with Crippen LogP contribution in [0.25, 0.3) is 15.7 Å². The third-order valence-corrected chi connectivity index (χ3v) is 9.37. The van der Waals surface area contributed by atoms with Gasteiger partial charge >= 0.3 is 0 Å². The molecule has 0 spiro atoms. The van der Waals surface area contributed by atoms with Gasteiger partial charge in [-0.3, -0.25) is 0 Å². The van der Waals surface area contributed by atoms with Gasteiger partial charge in [0, 0.05) is 5.75 Å². The van der Waals surface area contributed by atoms with Crippen molar-refractivity contribution in [2.45, 2.75) is 117 Å². The summed E-state index contributed by atoms with van der Waals surface area (Å²) < 4.78 is 2.92. The van der Waals surface area contributed by atoms with Crippen molar-refractivity contribution in [3.8, 4) is 21.5 Å². The zero-order chi connectivity index (χ0) is 30.6. The van der Waals surface area contributed by atoms with Crippen molar-refractivity contribution < 1.29 is 9.59 Å². The minimum atomic E-state index is 0.167. The van der Waals surface area contributed by atoms with Crippen LogP contribution in [0.3, 0.4) is 0 Å². The summed E-state index contributed by atoms with van der Waals surface area (Å²) in [5.74, 6) is 1.43. The average Bonchev–Trinajstić information content (AvgIpc) is 3.63. The Kier molecular flexibility index (Phi) is 17.7. The van der Waals surface area contributed by atoms with Gasteiger partial charge in [0.15, 0.2) is 5.01 Å². The van der Waals surface area contributed by atoms with Crippen LogP contribution in [0.5, 0.6) is 5.75 Å². The second-order valence-electron chi connectivity index (χ2n) is 11.1. The largest absolute Gasteiger partial charge is 0.507 e. The fourth-order valence-electron chi connectivity index (χ4n) is 4.91. The van der Waals surface area contributed by atoms with E-state index in [0.29, 0.717) is 20.9 Å². The van der Waals surface area contributed by atoms with E-state index in [1.54, 1.807) is 30.0 Å². The molecule has 0 aliphatic rings. The first kappa shape index (κ1) is 36.0. The first-order valence-electron chi connectivity index (χ1n) is 16.3. The van der Waals surface area contributed by atoms with Gasteiger partial charge in [-0.05, 0) is 44.2 Å². The van der Waals surface area contributed by atoms with E-state index in [1.165, 1.54) is 117 Å². The number of anilines is 1. The lowest BCUT2D eigenvalue weighted by molar-refractivity contribution is -0.929. The third kappa shape index (κ3) is 12.2. The van der Waals surface area contributed by atoms with Crippen LogP contribution in [-0.2, 0) is 0 Å². The molecule has 0 aliphatic heterocycles. The highest BCUT2D eigenvalue weighted by atomic mass is 32.2. The molecule has 42 heavy (non-hydrogen) atoms. The van der Waals surface area contributed by atoms with E-state index in [-0.39, 0.29) is 11.7 Å². The molecular weight excluding hydrogens is 563 g/mol. The normalized spacial score (nSPS) is 11.5. The summed E-state index contributed by atoms with van der Waals surface area (Å²) in [6.07, 6.45) is 15.9. The molecule has 0 saturated carbocycles. The van der Waals surface area contributed by atoms with Crippen LogP contribution in [0, 0.1) is 0 Å². The molecule has 3 aromatic rings. The SMILES string of the molecule is CCCCCCSc1nc(N)n(-c2nnc(-c3ccccc3O)s2)n1.CCCC[N+](CCCC)(CCCC)CCCC. The number of quaternary nitrogens is 1. The minimum Gasteiger partial charge on any atom is -0.507 e. The lowest BCUT2D eigenvalue weighted by Crippen LogP contribution is -2.50. The molecule has 0 fully saturated rings. The van der Waals surface area contributed by atoms with Crippen LogP contribution in [0.2, 0.25) is 0 Å². The molecular formula is C32H56N7OS2+. The van der Waals surface area contributed by atoms with Crippen LogP contribution in [0.4, 0.5) is 5.95 Å². The van der Waals surface area contributed by atoms with Gasteiger partial charge in [0.2, 0.25) is 16.2 Å². The van der Waals surface area contributed by atoms with Crippen molar-refractivity contribution in [1.29, 1.82) is 0 Å². The van der Waals surface area contributed by atoms with Gasteiger partial charge in [-0.25, -0.2) is 0 Å². The summed E-state index contributed by atoms with van der Waals surface area (Å²) in [4.78, 5) is 4.29. The molecule has 8 nitrogen and oxygen atoms in total. The van der Waals surface area contributed by atoms with E-state index in [4.69, 9.17) is 5.73 Å². The number of aromatic nitrogens is 5. The summed E-state index contributed by atoms with van der Waals surface area (Å²) >= 11 is 2.90. The van der Waals surface area contributed by atoms with Crippen molar-refractivity contribution in [2.75, 3.05) is 37.7 Å². The number of unbranched alkanes of at least 4 members (excludes halogenated alkanes) is 7. The molecule has 0 aliphatic carbocycles. The van der Waals surface area contributed by atoms with E-state index in [0.717, 1.165) is 12.2 Å². The fraction of sp³-hybridized carbons (Fsp3) is 0.688. The number of benzene rings is 1. The van der Waals surface area contributed by atoms with Crippen molar-refractivity contribution in [3.05, 3.63) is 24.3 Å². The van der Waals surface area contributed by atoms with Crippen LogP contribution in [0.1, 0.15) is 112 Å². The average molecular weight is 619 g/mol. The smallest absolute Gasteiger partial charge is 0.236 e. The Morgan fingerprint density at radius 1 is 0.786 bits per heavy atom. The Labute approximate surface area is 263 Å². The van der Waals surface area contributed by atoms with E-state index in [2.05, 4.69) is 54.9 Å². The molecule has 0 amide bonds. The van der Waals surface area contributed by atoms with Crippen LogP contribution in [-0.4, -0.2) is 66.5 Å². The quantitative estimate of drug-likeness (QED) is 0.0741. The highest BCUT2D eigenvalue weighted by Crippen LogP contribution is 2.32. The molecule has 0 unspecified atom stereocenters. The Bertz CT molecular complexity index is 1080.